The van der Waals surface area contributed by atoms with Crippen molar-refractivity contribution in [2.75, 3.05) is 32.8 Å². The van der Waals surface area contributed by atoms with Gasteiger partial charge in [-0.15, -0.1) is 0 Å². The lowest BCUT2D eigenvalue weighted by Crippen LogP contribution is -2.57. The maximum Gasteiger partial charge on any atom is 0.317 e. The zero-order valence-electron chi connectivity index (χ0n) is 16.4. The number of aliphatic hydroxyl groups excluding tert-OH is 1. The summed E-state index contributed by atoms with van der Waals surface area (Å²) in [6, 6.07) is 3.85. The van der Waals surface area contributed by atoms with Crippen LogP contribution in [0, 0.1) is 0 Å². The molecule has 2 N–H and O–H groups in total. The van der Waals surface area contributed by atoms with Crippen molar-refractivity contribution in [2.45, 2.75) is 63.5 Å². The first-order valence-corrected chi connectivity index (χ1v) is 10.5. The number of hydrogen-bond acceptors (Lipinski definition) is 4. The molecule has 6 heteroatoms. The number of aliphatic hydroxyl groups is 1. The molecule has 1 aromatic rings. The molecular weight excluding hydrogens is 340 g/mol. The third kappa shape index (κ3) is 5.42. The van der Waals surface area contributed by atoms with Crippen molar-refractivity contribution >= 4 is 6.03 Å². The predicted octanol–water partition coefficient (Wildman–Crippen LogP) is 2.77. The molecule has 3 rings (SSSR count). The van der Waals surface area contributed by atoms with Gasteiger partial charge in [-0.05, 0) is 62.9 Å². The average molecular weight is 375 g/mol. The Morgan fingerprint density at radius 3 is 2.52 bits per heavy atom. The minimum Gasteiger partial charge on any atom is -0.396 e. The van der Waals surface area contributed by atoms with Crippen LogP contribution in [0.25, 0.3) is 0 Å². The van der Waals surface area contributed by atoms with Crippen LogP contribution in [0.3, 0.4) is 0 Å². The molecule has 2 heterocycles. The number of rotatable bonds is 8. The topological polar surface area (TPSA) is 68.7 Å². The highest BCUT2D eigenvalue weighted by molar-refractivity contribution is 5.74. The van der Waals surface area contributed by atoms with Gasteiger partial charge >= 0.3 is 6.03 Å². The van der Waals surface area contributed by atoms with Gasteiger partial charge in [-0.25, -0.2) is 4.79 Å². The summed E-state index contributed by atoms with van der Waals surface area (Å²) in [7, 11) is 0. The van der Waals surface area contributed by atoms with Crippen molar-refractivity contribution in [3.8, 4) is 0 Å². The van der Waals surface area contributed by atoms with E-state index < -0.39 is 0 Å². The summed E-state index contributed by atoms with van der Waals surface area (Å²) in [5.41, 5.74) is 1.21. The summed E-state index contributed by atoms with van der Waals surface area (Å²) in [4.78, 5) is 21.4. The summed E-state index contributed by atoms with van der Waals surface area (Å²) < 4.78 is 0. The Kier molecular flexibility index (Phi) is 7.47. The second kappa shape index (κ2) is 10.0. The summed E-state index contributed by atoms with van der Waals surface area (Å²) in [6.07, 6.45) is 12.9. The van der Waals surface area contributed by atoms with E-state index in [2.05, 4.69) is 15.2 Å². The van der Waals surface area contributed by atoms with Gasteiger partial charge in [0, 0.05) is 44.2 Å². The van der Waals surface area contributed by atoms with Gasteiger partial charge in [0.1, 0.15) is 0 Å². The molecule has 0 atom stereocenters. The van der Waals surface area contributed by atoms with Gasteiger partial charge in [-0.1, -0.05) is 19.3 Å². The molecule has 0 radical (unpaired) electrons. The monoisotopic (exact) mass is 374 g/mol. The number of nitrogens with zero attached hydrogens (tertiary/aromatic N) is 3. The minimum atomic E-state index is -0.0245. The van der Waals surface area contributed by atoms with Gasteiger partial charge < -0.3 is 15.3 Å². The molecule has 1 aromatic heterocycles. The molecule has 2 aliphatic rings. The van der Waals surface area contributed by atoms with E-state index >= 15 is 0 Å². The van der Waals surface area contributed by atoms with Crippen LogP contribution in [-0.4, -0.2) is 64.2 Å². The molecular formula is C21H34N4O2. The molecule has 0 aromatic carbocycles. The Balaban J connectivity index is 1.61. The van der Waals surface area contributed by atoms with Crippen LogP contribution in [0.2, 0.25) is 0 Å². The number of nitrogens with one attached hydrogen (secondary N) is 1. The van der Waals surface area contributed by atoms with Crippen LogP contribution in [0.15, 0.2) is 24.5 Å². The average Bonchev–Trinajstić information content (AvgIpc) is 3.21. The number of likely N-dealkylation sites (tertiary alicyclic amines) is 1. The number of urea groups is 1. The Labute approximate surface area is 163 Å². The first-order chi connectivity index (χ1) is 13.2. The largest absolute Gasteiger partial charge is 0.396 e. The third-order valence-corrected chi connectivity index (χ3v) is 6.13. The summed E-state index contributed by atoms with van der Waals surface area (Å²) in [6.45, 7) is 4.27. The van der Waals surface area contributed by atoms with Crippen LogP contribution in [0.1, 0.15) is 56.9 Å². The number of pyridine rings is 1. The minimum absolute atomic E-state index is 0.0245. The Bertz CT molecular complexity index is 569. The van der Waals surface area contributed by atoms with Crippen molar-refractivity contribution in [3.63, 3.8) is 0 Å². The standard InChI is InChI=1S/C21H34N4O2/c26-16-6-13-24(17-19-7-11-22-12-8-19)20(27)23-18-21(9-2-3-10-21)25-14-4-1-5-15-25/h7-8,11-12,26H,1-6,9-10,13-18H2,(H,23,27). The first kappa shape index (κ1) is 20.1. The zero-order chi connectivity index (χ0) is 19.0. The fraction of sp³-hybridized carbons (Fsp3) is 0.714. The van der Waals surface area contributed by atoms with Crippen molar-refractivity contribution in [1.29, 1.82) is 0 Å². The number of aromatic nitrogens is 1. The number of carbonyl (C=O) groups is 1. The molecule has 27 heavy (non-hydrogen) atoms. The Morgan fingerprint density at radius 2 is 1.85 bits per heavy atom. The number of hydrogen-bond donors (Lipinski definition) is 2. The summed E-state index contributed by atoms with van der Waals surface area (Å²) in [5.74, 6) is 0. The van der Waals surface area contributed by atoms with Gasteiger partial charge in [0.15, 0.2) is 0 Å². The lowest BCUT2D eigenvalue weighted by molar-refractivity contribution is 0.0698. The molecule has 0 spiro atoms. The van der Waals surface area contributed by atoms with E-state index in [1.54, 1.807) is 12.4 Å². The van der Waals surface area contributed by atoms with Gasteiger partial charge in [0.25, 0.3) is 0 Å². The maximum absolute atomic E-state index is 12.9. The van der Waals surface area contributed by atoms with E-state index in [0.29, 0.717) is 19.5 Å². The molecule has 6 nitrogen and oxygen atoms in total. The number of piperidine rings is 1. The van der Waals surface area contributed by atoms with E-state index in [0.717, 1.165) is 12.1 Å². The lowest BCUT2D eigenvalue weighted by Gasteiger charge is -2.44. The molecule has 2 fully saturated rings. The highest BCUT2D eigenvalue weighted by Gasteiger charge is 2.40. The quantitative estimate of drug-likeness (QED) is 0.734. The van der Waals surface area contributed by atoms with E-state index in [1.165, 1.54) is 58.0 Å². The van der Waals surface area contributed by atoms with E-state index in [1.807, 2.05) is 17.0 Å². The molecule has 1 aliphatic heterocycles. The van der Waals surface area contributed by atoms with Gasteiger partial charge in [-0.3, -0.25) is 9.88 Å². The van der Waals surface area contributed by atoms with Crippen molar-refractivity contribution in [3.05, 3.63) is 30.1 Å². The molecule has 1 saturated carbocycles. The van der Waals surface area contributed by atoms with Crippen molar-refractivity contribution in [1.82, 2.24) is 20.1 Å². The SMILES string of the molecule is O=C(NCC1(N2CCCCC2)CCCC1)N(CCCO)Cc1ccncc1. The first-order valence-electron chi connectivity index (χ1n) is 10.5. The van der Waals surface area contributed by atoms with Gasteiger partial charge in [0.05, 0.1) is 0 Å². The zero-order valence-corrected chi connectivity index (χ0v) is 16.4. The highest BCUT2D eigenvalue weighted by atomic mass is 16.3. The van der Waals surface area contributed by atoms with E-state index in [-0.39, 0.29) is 18.2 Å². The van der Waals surface area contributed by atoms with Crippen LogP contribution in [0.5, 0.6) is 0 Å². The fourth-order valence-electron chi connectivity index (χ4n) is 4.58. The maximum atomic E-state index is 12.9. The second-order valence-electron chi connectivity index (χ2n) is 7.99. The van der Waals surface area contributed by atoms with Crippen LogP contribution in [0.4, 0.5) is 4.79 Å². The van der Waals surface area contributed by atoms with Gasteiger partial charge in [0.2, 0.25) is 0 Å². The lowest BCUT2D eigenvalue weighted by atomic mass is 9.92. The second-order valence-corrected chi connectivity index (χ2v) is 7.99. The van der Waals surface area contributed by atoms with Crippen LogP contribution in [-0.2, 0) is 6.54 Å². The Hall–Kier alpha value is -1.66. The van der Waals surface area contributed by atoms with E-state index in [4.69, 9.17) is 0 Å². The molecule has 150 valence electrons. The predicted molar refractivity (Wildman–Crippen MR) is 106 cm³/mol. The molecule has 1 saturated heterocycles. The van der Waals surface area contributed by atoms with Crippen LogP contribution < -0.4 is 5.32 Å². The van der Waals surface area contributed by atoms with Crippen molar-refractivity contribution in [2.24, 2.45) is 0 Å². The van der Waals surface area contributed by atoms with E-state index in [9.17, 15) is 9.90 Å². The Morgan fingerprint density at radius 1 is 1.15 bits per heavy atom. The van der Waals surface area contributed by atoms with Crippen molar-refractivity contribution < 1.29 is 9.90 Å². The normalized spacial score (nSPS) is 19.7. The van der Waals surface area contributed by atoms with Crippen LogP contribution >= 0.6 is 0 Å². The number of amides is 2. The smallest absolute Gasteiger partial charge is 0.317 e. The highest BCUT2D eigenvalue weighted by Crippen LogP contribution is 2.36. The molecule has 0 bridgehead atoms. The number of carbonyl (C=O) groups excluding carboxylic acids is 1. The van der Waals surface area contributed by atoms with Gasteiger partial charge in [-0.2, -0.15) is 0 Å². The third-order valence-electron chi connectivity index (χ3n) is 6.13. The summed E-state index contributed by atoms with van der Waals surface area (Å²) >= 11 is 0. The molecule has 1 aliphatic carbocycles. The fourth-order valence-corrected chi connectivity index (χ4v) is 4.58. The molecule has 0 unspecified atom stereocenters. The summed E-state index contributed by atoms with van der Waals surface area (Å²) in [5, 5.41) is 12.4. The molecule has 2 amide bonds.